The van der Waals surface area contributed by atoms with E-state index in [1.54, 1.807) is 43.0 Å². The van der Waals surface area contributed by atoms with Gasteiger partial charge in [-0.2, -0.15) is 0 Å². The predicted molar refractivity (Wildman–Crippen MR) is 119 cm³/mol. The van der Waals surface area contributed by atoms with Crippen molar-refractivity contribution in [1.29, 1.82) is 0 Å². The number of aromatic nitrogens is 1. The third kappa shape index (κ3) is 4.44. The fourth-order valence-electron chi connectivity index (χ4n) is 3.78. The molecule has 0 saturated carbocycles. The van der Waals surface area contributed by atoms with Crippen molar-refractivity contribution in [2.45, 2.75) is 25.8 Å². The van der Waals surface area contributed by atoms with Crippen molar-refractivity contribution in [3.8, 4) is 17.4 Å². The molecule has 2 fully saturated rings. The Balaban J connectivity index is 1.44. The topological polar surface area (TPSA) is 101 Å². The maximum absolute atomic E-state index is 12.7. The van der Waals surface area contributed by atoms with Crippen LogP contribution in [0.5, 0.6) is 5.06 Å². The lowest BCUT2D eigenvalue weighted by Crippen LogP contribution is -2.49. The van der Waals surface area contributed by atoms with Crippen molar-refractivity contribution in [2.75, 3.05) is 36.1 Å². The van der Waals surface area contributed by atoms with E-state index in [0.29, 0.717) is 40.3 Å². The number of carbonyl (C=O) groups is 3. The molecule has 0 aliphatic carbocycles. The number of pyridine rings is 1. The average molecular weight is 455 g/mol. The summed E-state index contributed by atoms with van der Waals surface area (Å²) in [4.78, 5) is 45.6. The second-order valence-corrected chi connectivity index (χ2v) is 8.91. The molecule has 166 valence electrons. The number of ether oxygens (including phenoxy) is 2. The van der Waals surface area contributed by atoms with Crippen LogP contribution < -0.4 is 19.9 Å². The number of nitrogens with zero attached hydrogens (tertiary/aromatic N) is 3. The van der Waals surface area contributed by atoms with Gasteiger partial charge in [0, 0.05) is 6.54 Å². The number of hydrogen-bond donors (Lipinski definition) is 1. The Hall–Kier alpha value is -3.42. The molecular weight excluding hydrogens is 432 g/mol. The lowest BCUT2D eigenvalue weighted by molar-refractivity contribution is -0.125. The van der Waals surface area contributed by atoms with Gasteiger partial charge >= 0.3 is 6.09 Å². The highest BCUT2D eigenvalue weighted by molar-refractivity contribution is 7.14. The molecule has 3 amide bonds. The fourth-order valence-corrected chi connectivity index (χ4v) is 4.44. The smallest absolute Gasteiger partial charge is 0.399 e. The van der Waals surface area contributed by atoms with Crippen LogP contribution in [0, 0.1) is 19.3 Å². The zero-order valence-electron chi connectivity index (χ0n) is 17.7. The maximum Gasteiger partial charge on any atom is 0.413 e. The van der Waals surface area contributed by atoms with Crippen LogP contribution in [0.4, 0.5) is 16.3 Å². The minimum absolute atomic E-state index is 0.0431. The summed E-state index contributed by atoms with van der Waals surface area (Å²) in [5, 5.41) is 3.16. The molecule has 4 heterocycles. The maximum atomic E-state index is 12.7. The van der Waals surface area contributed by atoms with E-state index in [4.69, 9.17) is 15.9 Å². The molecule has 4 rings (SSSR count). The number of morpholine rings is 1. The molecule has 9 nitrogen and oxygen atoms in total. The Morgan fingerprint density at radius 3 is 2.78 bits per heavy atom. The van der Waals surface area contributed by atoms with Gasteiger partial charge in [0.15, 0.2) is 5.06 Å². The van der Waals surface area contributed by atoms with Gasteiger partial charge < -0.3 is 19.7 Å². The quantitative estimate of drug-likeness (QED) is 0.710. The first-order chi connectivity index (χ1) is 15.3. The Morgan fingerprint density at radius 2 is 2.09 bits per heavy atom. The Bertz CT molecular complexity index is 1120. The van der Waals surface area contributed by atoms with E-state index >= 15 is 0 Å². The summed E-state index contributed by atoms with van der Waals surface area (Å²) < 4.78 is 10.5. The Morgan fingerprint density at radius 1 is 1.28 bits per heavy atom. The van der Waals surface area contributed by atoms with Gasteiger partial charge in [0.1, 0.15) is 12.4 Å². The summed E-state index contributed by atoms with van der Waals surface area (Å²) in [7, 11) is 0. The van der Waals surface area contributed by atoms with Gasteiger partial charge in [-0.3, -0.25) is 14.5 Å². The Labute approximate surface area is 189 Å². The van der Waals surface area contributed by atoms with Crippen molar-refractivity contribution < 1.29 is 23.9 Å². The van der Waals surface area contributed by atoms with Crippen molar-refractivity contribution in [2.24, 2.45) is 0 Å². The van der Waals surface area contributed by atoms with Gasteiger partial charge in [-0.1, -0.05) is 17.3 Å². The van der Waals surface area contributed by atoms with E-state index in [-0.39, 0.29) is 31.4 Å². The third-order valence-corrected chi connectivity index (χ3v) is 6.16. The number of nitrogens with one attached hydrogen (secondary N) is 1. The molecule has 0 spiro atoms. The number of amides is 3. The van der Waals surface area contributed by atoms with Gasteiger partial charge in [0.05, 0.1) is 41.4 Å². The molecule has 1 unspecified atom stereocenters. The molecule has 1 N–H and O–H groups in total. The van der Waals surface area contributed by atoms with Crippen LogP contribution >= 0.6 is 11.3 Å². The lowest BCUT2D eigenvalue weighted by Gasteiger charge is -2.28. The van der Waals surface area contributed by atoms with Crippen molar-refractivity contribution >= 4 is 40.7 Å². The van der Waals surface area contributed by atoms with E-state index < -0.39 is 11.6 Å². The predicted octanol–water partition coefficient (Wildman–Crippen LogP) is 2.08. The first-order valence-electron chi connectivity index (χ1n) is 10.0. The molecule has 2 aromatic heterocycles. The van der Waals surface area contributed by atoms with Gasteiger partial charge in [-0.25, -0.2) is 9.78 Å². The van der Waals surface area contributed by atoms with E-state index in [1.807, 2.05) is 0 Å². The lowest BCUT2D eigenvalue weighted by atomic mass is 10.0. The second kappa shape index (κ2) is 8.61. The summed E-state index contributed by atoms with van der Waals surface area (Å²) in [6, 6.07) is 6.81. The van der Waals surface area contributed by atoms with Crippen LogP contribution in [0.2, 0.25) is 0 Å². The van der Waals surface area contributed by atoms with Crippen molar-refractivity contribution in [1.82, 2.24) is 10.3 Å². The second-order valence-electron chi connectivity index (χ2n) is 7.87. The summed E-state index contributed by atoms with van der Waals surface area (Å²) in [6.07, 6.45) is 4.78. The number of carbonyl (C=O) groups excluding carboxylic acids is 3. The highest BCUT2D eigenvalue weighted by atomic mass is 32.1. The molecule has 32 heavy (non-hydrogen) atoms. The zero-order valence-corrected chi connectivity index (χ0v) is 18.5. The standard InChI is InChI=1S/C22H22N4O5S/c1-4-15-5-8-20(32-15)31-21(29)24-22(3)11-18(27)26(13-22)17-7-6-16(14(2)23-17)25-9-10-30-12-19(25)28/h1,5-8H,9-13H2,2-3H3,(H,24,29). The minimum Gasteiger partial charge on any atom is -0.399 e. The number of anilines is 2. The molecule has 0 bridgehead atoms. The van der Waals surface area contributed by atoms with Crippen LogP contribution in [0.3, 0.4) is 0 Å². The first kappa shape index (κ1) is 21.8. The third-order valence-electron chi connectivity index (χ3n) is 5.27. The summed E-state index contributed by atoms with van der Waals surface area (Å²) in [5.41, 5.74) is 0.503. The van der Waals surface area contributed by atoms with Gasteiger partial charge in [-0.15, -0.1) is 6.42 Å². The van der Waals surface area contributed by atoms with Crippen LogP contribution in [0.15, 0.2) is 24.3 Å². The molecule has 0 aromatic carbocycles. The molecule has 0 radical (unpaired) electrons. The molecule has 1 atom stereocenters. The molecule has 10 heteroatoms. The summed E-state index contributed by atoms with van der Waals surface area (Å²) in [6.45, 7) is 4.78. The number of thiophene rings is 1. The molecule has 2 aromatic rings. The minimum atomic E-state index is -0.825. The first-order valence-corrected chi connectivity index (χ1v) is 10.8. The van der Waals surface area contributed by atoms with E-state index in [2.05, 4.69) is 16.2 Å². The number of terminal acetylenes is 1. The van der Waals surface area contributed by atoms with Gasteiger partial charge in [-0.05, 0) is 38.1 Å². The van der Waals surface area contributed by atoms with Crippen LogP contribution in [-0.2, 0) is 14.3 Å². The van der Waals surface area contributed by atoms with Crippen molar-refractivity contribution in [3.63, 3.8) is 0 Å². The van der Waals surface area contributed by atoms with Gasteiger partial charge in [0.2, 0.25) is 5.91 Å². The highest BCUT2D eigenvalue weighted by Crippen LogP contribution is 2.30. The highest BCUT2D eigenvalue weighted by Gasteiger charge is 2.42. The fraction of sp³-hybridized carbons (Fsp3) is 0.364. The molecule has 2 aliphatic rings. The number of hydrogen-bond acceptors (Lipinski definition) is 7. The summed E-state index contributed by atoms with van der Waals surface area (Å²) in [5.74, 6) is 2.66. The Kier molecular flexibility index (Phi) is 5.86. The van der Waals surface area contributed by atoms with Crippen LogP contribution in [0.1, 0.15) is 23.9 Å². The normalized spacial score (nSPS) is 20.9. The van der Waals surface area contributed by atoms with E-state index in [0.717, 1.165) is 0 Å². The average Bonchev–Trinajstić information content (AvgIpc) is 3.31. The zero-order chi connectivity index (χ0) is 22.9. The molecular formula is C22H22N4O5S. The van der Waals surface area contributed by atoms with E-state index in [9.17, 15) is 14.4 Å². The molecule has 2 saturated heterocycles. The van der Waals surface area contributed by atoms with Crippen molar-refractivity contribution in [3.05, 3.63) is 34.8 Å². The number of aryl methyl sites for hydroxylation is 1. The summed E-state index contributed by atoms with van der Waals surface area (Å²) >= 11 is 1.19. The SMILES string of the molecule is C#Cc1ccc(OC(=O)NC2(C)CC(=O)N(c3ccc(N4CCOCC4=O)c(C)n3)C2)s1. The van der Waals surface area contributed by atoms with Crippen LogP contribution in [0.25, 0.3) is 0 Å². The van der Waals surface area contributed by atoms with E-state index in [1.165, 1.54) is 16.2 Å². The molecule has 2 aliphatic heterocycles. The van der Waals surface area contributed by atoms with Gasteiger partial charge in [0.25, 0.3) is 5.91 Å². The number of rotatable bonds is 4. The monoisotopic (exact) mass is 454 g/mol. The largest absolute Gasteiger partial charge is 0.413 e. The van der Waals surface area contributed by atoms with Crippen LogP contribution in [-0.4, -0.2) is 54.7 Å².